The Bertz CT molecular complexity index is 1070. The zero-order valence-electron chi connectivity index (χ0n) is 16.7. The van der Waals surface area contributed by atoms with Gasteiger partial charge in [-0.3, -0.25) is 9.59 Å². The fourth-order valence-electron chi connectivity index (χ4n) is 2.90. The van der Waals surface area contributed by atoms with E-state index >= 15 is 0 Å². The van der Waals surface area contributed by atoms with Gasteiger partial charge in [-0.15, -0.1) is 0 Å². The molecule has 1 atom stereocenters. The molecule has 3 rings (SSSR count). The summed E-state index contributed by atoms with van der Waals surface area (Å²) in [6.45, 7) is 2.06. The lowest BCUT2D eigenvalue weighted by atomic mass is 10.0. The van der Waals surface area contributed by atoms with Crippen molar-refractivity contribution in [1.82, 2.24) is 4.98 Å². The Kier molecular flexibility index (Phi) is 7.63. The van der Waals surface area contributed by atoms with E-state index in [-0.39, 0.29) is 24.0 Å². The van der Waals surface area contributed by atoms with Gasteiger partial charge in [0.1, 0.15) is 5.82 Å². The molecule has 2 aromatic carbocycles. The van der Waals surface area contributed by atoms with E-state index < -0.39 is 5.91 Å². The molecule has 3 N–H and O–H groups in total. The fourth-order valence-corrected chi connectivity index (χ4v) is 3.18. The van der Waals surface area contributed by atoms with Gasteiger partial charge in [0.05, 0.1) is 16.3 Å². The van der Waals surface area contributed by atoms with Gasteiger partial charge < -0.3 is 15.7 Å². The summed E-state index contributed by atoms with van der Waals surface area (Å²) >= 11 is 11.9. The number of nitrogens with zero attached hydrogens (tertiary/aromatic N) is 1. The number of anilines is 2. The van der Waals surface area contributed by atoms with E-state index in [1.54, 1.807) is 36.4 Å². The van der Waals surface area contributed by atoms with Gasteiger partial charge in [0.2, 0.25) is 0 Å². The number of benzene rings is 2. The maximum Gasteiger partial charge on any atom is 0.258 e. The number of amides is 2. The SMILES string of the molecule is CC(CO)Cc1ccc(C(=O)Nc2ccc(Cl)cc2C(=O)Nc2ccc(Cl)cn2)cc1. The van der Waals surface area contributed by atoms with Gasteiger partial charge >= 0.3 is 0 Å². The molecule has 0 saturated heterocycles. The van der Waals surface area contributed by atoms with Crippen molar-refractivity contribution < 1.29 is 14.7 Å². The number of aromatic nitrogens is 1. The third-order valence-corrected chi connectivity index (χ3v) is 5.01. The van der Waals surface area contributed by atoms with Crippen molar-refractivity contribution in [3.8, 4) is 0 Å². The van der Waals surface area contributed by atoms with Gasteiger partial charge in [-0.25, -0.2) is 4.98 Å². The molecule has 1 aromatic heterocycles. The van der Waals surface area contributed by atoms with Crippen molar-refractivity contribution in [1.29, 1.82) is 0 Å². The minimum Gasteiger partial charge on any atom is -0.396 e. The third kappa shape index (κ3) is 6.28. The summed E-state index contributed by atoms with van der Waals surface area (Å²) in [4.78, 5) is 29.5. The summed E-state index contributed by atoms with van der Waals surface area (Å²) < 4.78 is 0. The van der Waals surface area contributed by atoms with E-state index in [9.17, 15) is 14.7 Å². The highest BCUT2D eigenvalue weighted by molar-refractivity contribution is 6.31. The molecule has 0 aliphatic heterocycles. The van der Waals surface area contributed by atoms with Gasteiger partial charge in [0.15, 0.2) is 0 Å². The van der Waals surface area contributed by atoms with Crippen molar-refractivity contribution in [2.24, 2.45) is 5.92 Å². The van der Waals surface area contributed by atoms with Crippen LogP contribution in [0.15, 0.2) is 60.8 Å². The second kappa shape index (κ2) is 10.4. The van der Waals surface area contributed by atoms with Crippen molar-refractivity contribution in [2.75, 3.05) is 17.2 Å². The quantitative estimate of drug-likeness (QED) is 0.462. The Labute approximate surface area is 190 Å². The Balaban J connectivity index is 1.76. The van der Waals surface area contributed by atoms with E-state index in [4.69, 9.17) is 23.2 Å². The van der Waals surface area contributed by atoms with Crippen LogP contribution in [-0.2, 0) is 6.42 Å². The molecule has 8 heteroatoms. The molecule has 0 saturated carbocycles. The Hall–Kier alpha value is -2.93. The first-order chi connectivity index (χ1) is 14.9. The first-order valence-electron chi connectivity index (χ1n) is 9.59. The molecule has 1 unspecified atom stereocenters. The summed E-state index contributed by atoms with van der Waals surface area (Å²) in [6.07, 6.45) is 2.14. The second-order valence-electron chi connectivity index (χ2n) is 7.15. The van der Waals surface area contributed by atoms with Crippen molar-refractivity contribution in [3.05, 3.63) is 87.5 Å². The molecule has 0 radical (unpaired) electrons. The molecule has 0 fully saturated rings. The van der Waals surface area contributed by atoms with E-state index in [1.165, 1.54) is 12.3 Å². The van der Waals surface area contributed by atoms with Crippen LogP contribution in [0.5, 0.6) is 0 Å². The van der Waals surface area contributed by atoms with Crippen LogP contribution in [0.4, 0.5) is 11.5 Å². The lowest BCUT2D eigenvalue weighted by molar-refractivity contribution is 0.102. The van der Waals surface area contributed by atoms with Crippen molar-refractivity contribution in [2.45, 2.75) is 13.3 Å². The molecule has 2 amide bonds. The van der Waals surface area contributed by atoms with Gasteiger partial charge in [0.25, 0.3) is 11.8 Å². The summed E-state index contributed by atoms with van der Waals surface area (Å²) in [5.74, 6) is -0.368. The van der Waals surface area contributed by atoms with Crippen LogP contribution in [0.1, 0.15) is 33.2 Å². The number of carbonyl (C=O) groups is 2. The number of aliphatic hydroxyl groups is 1. The topological polar surface area (TPSA) is 91.3 Å². The Morgan fingerprint density at radius 1 is 0.968 bits per heavy atom. The average molecular weight is 458 g/mol. The molecular formula is C23H21Cl2N3O3. The highest BCUT2D eigenvalue weighted by atomic mass is 35.5. The van der Waals surface area contributed by atoms with Crippen LogP contribution in [0.2, 0.25) is 10.0 Å². The molecule has 31 heavy (non-hydrogen) atoms. The first kappa shape index (κ1) is 22.7. The number of halogens is 2. The number of rotatable bonds is 7. The minimum atomic E-state index is -0.471. The highest BCUT2D eigenvalue weighted by Gasteiger charge is 2.16. The van der Waals surface area contributed by atoms with Gasteiger partial charge in [-0.2, -0.15) is 0 Å². The zero-order valence-corrected chi connectivity index (χ0v) is 18.2. The minimum absolute atomic E-state index is 0.106. The normalized spacial score (nSPS) is 11.6. The van der Waals surface area contributed by atoms with Crippen LogP contribution in [-0.4, -0.2) is 28.5 Å². The van der Waals surface area contributed by atoms with E-state index in [0.717, 1.165) is 12.0 Å². The molecule has 0 aliphatic rings. The summed E-state index contributed by atoms with van der Waals surface area (Å²) in [5, 5.41) is 15.4. The maximum atomic E-state index is 12.8. The van der Waals surface area contributed by atoms with Gasteiger partial charge in [-0.1, -0.05) is 42.3 Å². The maximum absolute atomic E-state index is 12.8. The second-order valence-corrected chi connectivity index (χ2v) is 8.02. The molecule has 1 heterocycles. The van der Waals surface area contributed by atoms with Crippen LogP contribution in [0, 0.1) is 5.92 Å². The van der Waals surface area contributed by atoms with Crippen LogP contribution >= 0.6 is 23.2 Å². The lowest BCUT2D eigenvalue weighted by Crippen LogP contribution is -2.18. The number of pyridine rings is 1. The highest BCUT2D eigenvalue weighted by Crippen LogP contribution is 2.23. The lowest BCUT2D eigenvalue weighted by Gasteiger charge is -2.12. The fraction of sp³-hybridized carbons (Fsp3) is 0.174. The summed E-state index contributed by atoms with van der Waals surface area (Å²) in [5.41, 5.74) is 1.99. The molecule has 3 aromatic rings. The molecular weight excluding hydrogens is 437 g/mol. The van der Waals surface area contributed by atoms with Crippen LogP contribution < -0.4 is 10.6 Å². The smallest absolute Gasteiger partial charge is 0.258 e. The predicted molar refractivity (Wildman–Crippen MR) is 123 cm³/mol. The standard InChI is InChI=1S/C23H21Cl2N3O3/c1-14(13-29)10-15-2-4-16(5-3-15)22(30)27-20-8-6-17(24)11-19(20)23(31)28-21-9-7-18(25)12-26-21/h2-9,11-12,14,29H,10,13H2,1H3,(H,27,30)(H,26,28,31). The molecule has 0 aliphatic carbocycles. The van der Waals surface area contributed by atoms with Crippen LogP contribution in [0.3, 0.4) is 0 Å². The summed E-state index contributed by atoms with van der Waals surface area (Å²) in [7, 11) is 0. The van der Waals surface area contributed by atoms with E-state index in [2.05, 4.69) is 15.6 Å². The Morgan fingerprint density at radius 2 is 1.68 bits per heavy atom. The zero-order chi connectivity index (χ0) is 22.4. The van der Waals surface area contributed by atoms with Gasteiger partial charge in [-0.05, 0) is 60.4 Å². The number of nitrogens with one attached hydrogen (secondary N) is 2. The van der Waals surface area contributed by atoms with Crippen molar-refractivity contribution >= 4 is 46.5 Å². The van der Waals surface area contributed by atoms with Gasteiger partial charge in [0, 0.05) is 23.4 Å². The number of carbonyl (C=O) groups excluding carboxylic acids is 2. The predicted octanol–water partition coefficient (Wildman–Crippen LogP) is 5.06. The number of hydrogen-bond donors (Lipinski definition) is 3. The molecule has 6 nitrogen and oxygen atoms in total. The largest absolute Gasteiger partial charge is 0.396 e. The first-order valence-corrected chi connectivity index (χ1v) is 10.3. The third-order valence-electron chi connectivity index (χ3n) is 4.56. The Morgan fingerprint density at radius 3 is 2.32 bits per heavy atom. The molecule has 0 bridgehead atoms. The monoisotopic (exact) mass is 457 g/mol. The molecule has 0 spiro atoms. The van der Waals surface area contributed by atoms with Crippen molar-refractivity contribution in [3.63, 3.8) is 0 Å². The van der Waals surface area contributed by atoms with E-state index in [1.807, 2.05) is 19.1 Å². The average Bonchev–Trinajstić information content (AvgIpc) is 2.76. The molecule has 160 valence electrons. The summed E-state index contributed by atoms with van der Waals surface area (Å²) in [6, 6.07) is 14.9. The number of hydrogen-bond acceptors (Lipinski definition) is 4. The van der Waals surface area contributed by atoms with E-state index in [0.29, 0.717) is 27.1 Å². The number of aliphatic hydroxyl groups excluding tert-OH is 1. The van der Waals surface area contributed by atoms with Crippen LogP contribution in [0.25, 0.3) is 0 Å².